The standard InChI is InChI=1S/C5H6O6/c1-3(11-5(8)9)2-10-4(6)7/h2H,1H3,(H,6,7)(H,8,9)/b3-2+. The van der Waals surface area contributed by atoms with Crippen molar-refractivity contribution >= 4 is 12.3 Å². The fourth-order valence-electron chi connectivity index (χ4n) is 0.295. The number of rotatable bonds is 2. The first-order valence-electron chi connectivity index (χ1n) is 2.49. The maximum Gasteiger partial charge on any atom is 0.511 e. The van der Waals surface area contributed by atoms with Crippen LogP contribution >= 0.6 is 0 Å². The maximum absolute atomic E-state index is 9.79. The summed E-state index contributed by atoms with van der Waals surface area (Å²) in [4.78, 5) is 19.5. The molecule has 0 aliphatic rings. The zero-order valence-electron chi connectivity index (χ0n) is 5.60. The topological polar surface area (TPSA) is 93.1 Å². The predicted molar refractivity (Wildman–Crippen MR) is 32.0 cm³/mol. The number of ether oxygens (including phenoxy) is 2. The summed E-state index contributed by atoms with van der Waals surface area (Å²) >= 11 is 0. The van der Waals surface area contributed by atoms with Crippen LogP contribution < -0.4 is 0 Å². The zero-order chi connectivity index (χ0) is 8.85. The van der Waals surface area contributed by atoms with E-state index >= 15 is 0 Å². The molecule has 62 valence electrons. The summed E-state index contributed by atoms with van der Waals surface area (Å²) in [5.41, 5.74) is 0. The molecular formula is C5H6O6. The van der Waals surface area contributed by atoms with E-state index in [0.29, 0.717) is 6.26 Å². The van der Waals surface area contributed by atoms with Gasteiger partial charge in [-0.25, -0.2) is 9.59 Å². The van der Waals surface area contributed by atoms with Gasteiger partial charge in [0.2, 0.25) is 0 Å². The van der Waals surface area contributed by atoms with E-state index in [-0.39, 0.29) is 5.76 Å². The largest absolute Gasteiger partial charge is 0.511 e. The fourth-order valence-corrected chi connectivity index (χ4v) is 0.295. The molecule has 0 atom stereocenters. The summed E-state index contributed by atoms with van der Waals surface area (Å²) in [6, 6.07) is 0. The van der Waals surface area contributed by atoms with Crippen molar-refractivity contribution in [1.29, 1.82) is 0 Å². The number of hydrogen-bond donors (Lipinski definition) is 2. The Balaban J connectivity index is 3.81. The Bertz CT molecular complexity index is 193. The summed E-state index contributed by atoms with van der Waals surface area (Å²) in [7, 11) is 0. The van der Waals surface area contributed by atoms with Crippen molar-refractivity contribution in [2.75, 3.05) is 0 Å². The van der Waals surface area contributed by atoms with Gasteiger partial charge >= 0.3 is 12.3 Å². The van der Waals surface area contributed by atoms with E-state index in [1.54, 1.807) is 0 Å². The summed E-state index contributed by atoms with van der Waals surface area (Å²) in [6.07, 6.45) is -2.37. The Morgan fingerprint density at radius 3 is 2.18 bits per heavy atom. The Morgan fingerprint density at radius 2 is 1.82 bits per heavy atom. The highest BCUT2D eigenvalue weighted by molar-refractivity contribution is 5.59. The molecule has 11 heavy (non-hydrogen) atoms. The molecule has 0 saturated carbocycles. The minimum atomic E-state index is -1.53. The van der Waals surface area contributed by atoms with Crippen LogP contribution in [0.2, 0.25) is 0 Å². The molecule has 0 spiro atoms. The lowest BCUT2D eigenvalue weighted by atomic mass is 10.6. The molecule has 0 unspecified atom stereocenters. The molecule has 0 radical (unpaired) electrons. The Morgan fingerprint density at radius 1 is 1.27 bits per heavy atom. The number of allylic oxidation sites excluding steroid dienone is 1. The second-order valence-corrected chi connectivity index (χ2v) is 1.48. The highest BCUT2D eigenvalue weighted by Crippen LogP contribution is 1.95. The molecule has 0 rings (SSSR count). The number of carbonyl (C=O) groups is 2. The first kappa shape index (κ1) is 9.28. The van der Waals surface area contributed by atoms with Gasteiger partial charge in [0.25, 0.3) is 0 Å². The molecule has 0 fully saturated rings. The van der Waals surface area contributed by atoms with Crippen LogP contribution in [0.25, 0.3) is 0 Å². The van der Waals surface area contributed by atoms with Crippen molar-refractivity contribution in [3.63, 3.8) is 0 Å². The van der Waals surface area contributed by atoms with Gasteiger partial charge in [-0.05, 0) is 6.92 Å². The zero-order valence-corrected chi connectivity index (χ0v) is 5.60. The van der Waals surface area contributed by atoms with Gasteiger partial charge in [0, 0.05) is 0 Å². The molecule has 0 heterocycles. The summed E-state index contributed by atoms with van der Waals surface area (Å²) in [5.74, 6) is -0.153. The Hall–Kier alpha value is -1.72. The van der Waals surface area contributed by atoms with Crippen molar-refractivity contribution < 1.29 is 29.3 Å². The molecule has 6 heteroatoms. The second-order valence-electron chi connectivity index (χ2n) is 1.48. The van der Waals surface area contributed by atoms with E-state index in [9.17, 15) is 9.59 Å². The van der Waals surface area contributed by atoms with Crippen LogP contribution in [-0.2, 0) is 9.47 Å². The number of hydrogen-bond acceptors (Lipinski definition) is 4. The van der Waals surface area contributed by atoms with E-state index in [1.807, 2.05) is 0 Å². The van der Waals surface area contributed by atoms with Gasteiger partial charge in [0.1, 0.15) is 12.0 Å². The highest BCUT2D eigenvalue weighted by Gasteiger charge is 1.99. The van der Waals surface area contributed by atoms with E-state index in [1.165, 1.54) is 6.92 Å². The fraction of sp³-hybridized carbons (Fsp3) is 0.200. The average molecular weight is 162 g/mol. The van der Waals surface area contributed by atoms with Crippen LogP contribution in [0.4, 0.5) is 9.59 Å². The van der Waals surface area contributed by atoms with Crippen LogP contribution in [0, 0.1) is 0 Å². The van der Waals surface area contributed by atoms with Crippen LogP contribution in [-0.4, -0.2) is 22.5 Å². The van der Waals surface area contributed by atoms with Crippen molar-refractivity contribution in [1.82, 2.24) is 0 Å². The minimum Gasteiger partial charge on any atom is -0.449 e. The van der Waals surface area contributed by atoms with Crippen LogP contribution in [0.3, 0.4) is 0 Å². The molecule has 0 aliphatic heterocycles. The normalized spacial score (nSPS) is 10.5. The maximum atomic E-state index is 9.79. The summed E-state index contributed by atoms with van der Waals surface area (Å²) in [5, 5.41) is 15.9. The van der Waals surface area contributed by atoms with E-state index < -0.39 is 12.3 Å². The van der Waals surface area contributed by atoms with Crippen LogP contribution in [0.15, 0.2) is 12.0 Å². The monoisotopic (exact) mass is 162 g/mol. The van der Waals surface area contributed by atoms with Crippen molar-refractivity contribution in [2.24, 2.45) is 0 Å². The van der Waals surface area contributed by atoms with Crippen LogP contribution in [0.5, 0.6) is 0 Å². The Kier molecular flexibility index (Phi) is 3.50. The highest BCUT2D eigenvalue weighted by atomic mass is 16.7. The first-order chi connectivity index (χ1) is 5.02. The SMILES string of the molecule is C/C(=C\OC(=O)O)OC(=O)O. The lowest BCUT2D eigenvalue weighted by Crippen LogP contribution is -2.00. The molecular weight excluding hydrogens is 156 g/mol. The third-order valence-electron chi connectivity index (χ3n) is 0.574. The third kappa shape index (κ3) is 6.16. The molecule has 0 bridgehead atoms. The van der Waals surface area contributed by atoms with Crippen molar-refractivity contribution in [2.45, 2.75) is 6.92 Å². The minimum absolute atomic E-state index is 0.153. The first-order valence-corrected chi connectivity index (χ1v) is 2.49. The molecule has 0 aromatic carbocycles. The van der Waals surface area contributed by atoms with E-state index in [4.69, 9.17) is 10.2 Å². The average Bonchev–Trinajstić information content (AvgIpc) is 1.82. The second kappa shape index (κ2) is 4.15. The molecule has 6 nitrogen and oxygen atoms in total. The van der Waals surface area contributed by atoms with Crippen molar-refractivity contribution in [3.05, 3.63) is 12.0 Å². The lowest BCUT2D eigenvalue weighted by Gasteiger charge is -1.96. The smallest absolute Gasteiger partial charge is 0.449 e. The van der Waals surface area contributed by atoms with E-state index in [0.717, 1.165) is 0 Å². The lowest BCUT2D eigenvalue weighted by molar-refractivity contribution is 0.106. The molecule has 0 saturated heterocycles. The predicted octanol–water partition coefficient (Wildman–Crippen LogP) is 1.24. The van der Waals surface area contributed by atoms with Gasteiger partial charge in [-0.15, -0.1) is 0 Å². The van der Waals surface area contributed by atoms with Gasteiger partial charge in [-0.2, -0.15) is 0 Å². The molecule has 0 aromatic heterocycles. The summed E-state index contributed by atoms with van der Waals surface area (Å²) in [6.45, 7) is 1.25. The van der Waals surface area contributed by atoms with Crippen LogP contribution in [0.1, 0.15) is 6.92 Å². The van der Waals surface area contributed by atoms with Gasteiger partial charge in [-0.3, -0.25) is 0 Å². The van der Waals surface area contributed by atoms with Gasteiger partial charge in [0.05, 0.1) is 0 Å². The summed E-state index contributed by atoms with van der Waals surface area (Å²) < 4.78 is 7.86. The van der Waals surface area contributed by atoms with E-state index in [2.05, 4.69) is 9.47 Å². The van der Waals surface area contributed by atoms with Crippen molar-refractivity contribution in [3.8, 4) is 0 Å². The quantitative estimate of drug-likeness (QED) is 0.468. The van der Waals surface area contributed by atoms with Gasteiger partial charge in [0.15, 0.2) is 0 Å². The van der Waals surface area contributed by atoms with Gasteiger partial charge in [-0.1, -0.05) is 0 Å². The third-order valence-corrected chi connectivity index (χ3v) is 0.574. The Labute approximate surface area is 61.6 Å². The molecule has 0 aromatic rings. The molecule has 0 aliphatic carbocycles. The van der Waals surface area contributed by atoms with Gasteiger partial charge < -0.3 is 19.7 Å². The molecule has 2 N–H and O–H groups in total. The number of carboxylic acid groups (broad SMARTS) is 2. The molecule has 0 amide bonds.